The van der Waals surface area contributed by atoms with Crippen molar-refractivity contribution in [2.45, 2.75) is 32.6 Å². The van der Waals surface area contributed by atoms with E-state index in [1.807, 2.05) is 25.1 Å². The molecule has 2 aromatic heterocycles. The Hall–Kier alpha value is -2.64. The SMILES string of the molecule is Cc1cccc(C2CC2)c1Oc1nnc(Cl)cc1OC(=O)c1c(C)nn(C)c1Cl. The molecule has 9 heteroatoms. The molecule has 1 fully saturated rings. The molecule has 0 bridgehead atoms. The van der Waals surface area contributed by atoms with Crippen LogP contribution < -0.4 is 9.47 Å². The van der Waals surface area contributed by atoms with E-state index in [1.165, 1.54) is 10.7 Å². The maximum absolute atomic E-state index is 12.7. The van der Waals surface area contributed by atoms with Crippen molar-refractivity contribution in [1.29, 1.82) is 0 Å². The largest absolute Gasteiger partial charge is 0.434 e. The Morgan fingerprint density at radius 3 is 2.62 bits per heavy atom. The van der Waals surface area contributed by atoms with Gasteiger partial charge in [0.15, 0.2) is 10.9 Å². The molecule has 1 aliphatic rings. The Kier molecular flexibility index (Phi) is 5.19. The van der Waals surface area contributed by atoms with Crippen molar-refractivity contribution in [2.75, 3.05) is 0 Å². The Labute approximate surface area is 177 Å². The van der Waals surface area contributed by atoms with Crippen LogP contribution in [-0.2, 0) is 7.05 Å². The van der Waals surface area contributed by atoms with Gasteiger partial charge in [0.25, 0.3) is 5.88 Å². The number of hydrogen-bond acceptors (Lipinski definition) is 6. The van der Waals surface area contributed by atoms with Gasteiger partial charge in [-0.25, -0.2) is 4.79 Å². The highest BCUT2D eigenvalue weighted by Gasteiger charge is 2.29. The minimum Gasteiger partial charge on any atom is -0.434 e. The van der Waals surface area contributed by atoms with E-state index in [0.29, 0.717) is 17.4 Å². The Morgan fingerprint density at radius 1 is 1.21 bits per heavy atom. The molecular weight excluding hydrogens is 415 g/mol. The average molecular weight is 433 g/mol. The van der Waals surface area contributed by atoms with Crippen molar-refractivity contribution < 1.29 is 14.3 Å². The van der Waals surface area contributed by atoms with Gasteiger partial charge in [0.2, 0.25) is 0 Å². The number of esters is 1. The number of carbonyl (C=O) groups excluding carboxylic acids is 1. The lowest BCUT2D eigenvalue weighted by Crippen LogP contribution is -2.11. The number of carbonyl (C=O) groups is 1. The van der Waals surface area contributed by atoms with Crippen LogP contribution in [0, 0.1) is 13.8 Å². The molecule has 0 spiro atoms. The van der Waals surface area contributed by atoms with Crippen molar-refractivity contribution in [1.82, 2.24) is 20.0 Å². The summed E-state index contributed by atoms with van der Waals surface area (Å²) in [5.41, 5.74) is 2.68. The summed E-state index contributed by atoms with van der Waals surface area (Å²) in [6, 6.07) is 7.37. The molecule has 0 amide bonds. The van der Waals surface area contributed by atoms with Crippen molar-refractivity contribution in [2.24, 2.45) is 7.05 Å². The zero-order chi connectivity index (χ0) is 20.7. The van der Waals surface area contributed by atoms with E-state index < -0.39 is 5.97 Å². The fourth-order valence-electron chi connectivity index (χ4n) is 3.12. The highest BCUT2D eigenvalue weighted by molar-refractivity contribution is 6.32. The minimum absolute atomic E-state index is 0.0524. The van der Waals surface area contributed by atoms with Crippen LogP contribution >= 0.6 is 23.2 Å². The van der Waals surface area contributed by atoms with E-state index in [2.05, 4.69) is 15.3 Å². The lowest BCUT2D eigenvalue weighted by Gasteiger charge is -2.14. The molecule has 1 aliphatic carbocycles. The fraction of sp³-hybridized carbons (Fsp3) is 0.300. The maximum atomic E-state index is 12.7. The van der Waals surface area contributed by atoms with E-state index in [9.17, 15) is 4.79 Å². The number of halogens is 2. The highest BCUT2D eigenvalue weighted by atomic mass is 35.5. The third-order valence-electron chi connectivity index (χ3n) is 4.71. The quantitative estimate of drug-likeness (QED) is 0.526. The van der Waals surface area contributed by atoms with E-state index >= 15 is 0 Å². The smallest absolute Gasteiger partial charge is 0.348 e. The van der Waals surface area contributed by atoms with Gasteiger partial charge in [-0.05, 0) is 43.7 Å². The summed E-state index contributed by atoms with van der Waals surface area (Å²) in [5.74, 6) is 0.588. The van der Waals surface area contributed by atoms with Crippen LogP contribution in [0.4, 0.5) is 0 Å². The second-order valence-corrected chi connectivity index (χ2v) is 7.72. The van der Waals surface area contributed by atoms with Gasteiger partial charge in [0.1, 0.15) is 16.5 Å². The zero-order valence-electron chi connectivity index (χ0n) is 16.1. The van der Waals surface area contributed by atoms with Gasteiger partial charge in [-0.2, -0.15) is 5.10 Å². The first-order chi connectivity index (χ1) is 13.8. The second kappa shape index (κ2) is 7.65. The molecule has 150 valence electrons. The van der Waals surface area contributed by atoms with Crippen LogP contribution in [0.3, 0.4) is 0 Å². The first-order valence-corrected chi connectivity index (χ1v) is 9.82. The first-order valence-electron chi connectivity index (χ1n) is 9.07. The third kappa shape index (κ3) is 3.93. The summed E-state index contributed by atoms with van der Waals surface area (Å²) in [5, 5.41) is 12.2. The van der Waals surface area contributed by atoms with Gasteiger partial charge in [-0.15, -0.1) is 10.2 Å². The number of nitrogens with zero attached hydrogens (tertiary/aromatic N) is 4. The molecule has 0 aliphatic heterocycles. The van der Waals surface area contributed by atoms with Crippen LogP contribution in [0.25, 0.3) is 0 Å². The number of rotatable bonds is 5. The number of benzene rings is 1. The zero-order valence-corrected chi connectivity index (χ0v) is 17.6. The second-order valence-electron chi connectivity index (χ2n) is 6.97. The molecule has 3 aromatic rings. The number of para-hydroxylation sites is 1. The van der Waals surface area contributed by atoms with Crippen LogP contribution in [0.1, 0.15) is 45.9 Å². The standard InChI is InChI=1S/C20H18Cl2N4O3/c1-10-5-4-6-13(12-7-8-12)17(10)29-19-14(9-15(21)23-24-19)28-20(27)16-11(2)25-26(3)18(16)22/h4-6,9,12H,7-8H2,1-3H3. The minimum atomic E-state index is -0.679. The van der Waals surface area contributed by atoms with Crippen LogP contribution in [-0.4, -0.2) is 25.9 Å². The average Bonchev–Trinajstić information content (AvgIpc) is 3.46. The van der Waals surface area contributed by atoms with Crippen molar-refractivity contribution >= 4 is 29.2 Å². The van der Waals surface area contributed by atoms with Gasteiger partial charge in [-0.1, -0.05) is 41.4 Å². The van der Waals surface area contributed by atoms with E-state index in [-0.39, 0.29) is 27.5 Å². The highest BCUT2D eigenvalue weighted by Crippen LogP contribution is 2.47. The van der Waals surface area contributed by atoms with E-state index in [0.717, 1.165) is 24.0 Å². The normalized spacial score (nSPS) is 13.4. The number of aromatic nitrogens is 4. The molecule has 1 saturated carbocycles. The fourth-order valence-corrected chi connectivity index (χ4v) is 3.51. The molecule has 1 aromatic carbocycles. The summed E-state index contributed by atoms with van der Waals surface area (Å²) < 4.78 is 13.0. The number of aryl methyl sites for hydroxylation is 3. The van der Waals surface area contributed by atoms with Crippen molar-refractivity contribution in [3.05, 3.63) is 57.0 Å². The molecule has 0 atom stereocenters. The van der Waals surface area contributed by atoms with E-state index in [1.54, 1.807) is 14.0 Å². The van der Waals surface area contributed by atoms with Gasteiger partial charge < -0.3 is 9.47 Å². The molecule has 4 rings (SSSR count). The van der Waals surface area contributed by atoms with Gasteiger partial charge in [0.05, 0.1) is 5.69 Å². The Bertz CT molecular complexity index is 1110. The third-order valence-corrected chi connectivity index (χ3v) is 5.33. The topological polar surface area (TPSA) is 79.1 Å². The lowest BCUT2D eigenvalue weighted by molar-refractivity contribution is 0.0728. The maximum Gasteiger partial charge on any atom is 0.348 e. The number of ether oxygens (including phenoxy) is 2. The molecule has 0 unspecified atom stereocenters. The summed E-state index contributed by atoms with van der Waals surface area (Å²) in [4.78, 5) is 12.7. The summed E-state index contributed by atoms with van der Waals surface area (Å²) >= 11 is 12.1. The molecular formula is C20H18Cl2N4O3. The molecule has 0 radical (unpaired) electrons. The Balaban J connectivity index is 1.68. The van der Waals surface area contributed by atoms with Gasteiger partial charge in [-0.3, -0.25) is 4.68 Å². The van der Waals surface area contributed by atoms with Crippen LogP contribution in [0.15, 0.2) is 24.3 Å². The predicted molar refractivity (Wildman–Crippen MR) is 108 cm³/mol. The monoisotopic (exact) mass is 432 g/mol. The lowest BCUT2D eigenvalue weighted by atomic mass is 10.1. The van der Waals surface area contributed by atoms with Crippen LogP contribution in [0.2, 0.25) is 10.3 Å². The van der Waals surface area contributed by atoms with Crippen molar-refractivity contribution in [3.63, 3.8) is 0 Å². The molecule has 0 N–H and O–H groups in total. The molecule has 29 heavy (non-hydrogen) atoms. The number of hydrogen-bond donors (Lipinski definition) is 0. The first kappa shape index (κ1) is 19.7. The predicted octanol–water partition coefficient (Wildman–Crippen LogP) is 5.02. The Morgan fingerprint density at radius 2 is 1.97 bits per heavy atom. The molecule has 2 heterocycles. The van der Waals surface area contributed by atoms with Gasteiger partial charge in [0, 0.05) is 13.1 Å². The van der Waals surface area contributed by atoms with Crippen LogP contribution in [0.5, 0.6) is 17.4 Å². The van der Waals surface area contributed by atoms with Crippen molar-refractivity contribution in [3.8, 4) is 17.4 Å². The summed E-state index contributed by atoms with van der Waals surface area (Å²) in [6.45, 7) is 3.63. The summed E-state index contributed by atoms with van der Waals surface area (Å²) in [7, 11) is 1.64. The van der Waals surface area contributed by atoms with Gasteiger partial charge >= 0.3 is 5.97 Å². The summed E-state index contributed by atoms with van der Waals surface area (Å²) in [6.07, 6.45) is 2.24. The molecule has 7 nitrogen and oxygen atoms in total. The molecule has 0 saturated heterocycles. The van der Waals surface area contributed by atoms with E-state index in [4.69, 9.17) is 32.7 Å².